The average molecular weight is 401 g/mol. The van der Waals surface area contributed by atoms with E-state index in [4.69, 9.17) is 23.2 Å². The molecular weight excluding hydrogens is 383 g/mol. The maximum Gasteiger partial charge on any atom is 0.251 e. The van der Waals surface area contributed by atoms with Crippen molar-refractivity contribution in [2.24, 2.45) is 0 Å². The molecule has 0 fully saturated rings. The zero-order valence-corrected chi connectivity index (χ0v) is 15.9. The molecule has 0 bridgehead atoms. The van der Waals surface area contributed by atoms with Gasteiger partial charge in [-0.2, -0.15) is 0 Å². The SMILES string of the molecule is CS(=O)(=O)NCCc1ccc(C(=O)NCc2ccc(Cl)cc2Cl)cc1. The molecule has 134 valence electrons. The van der Waals surface area contributed by atoms with E-state index in [-0.39, 0.29) is 5.91 Å². The fourth-order valence-corrected chi connectivity index (χ4v) is 3.09. The van der Waals surface area contributed by atoms with E-state index in [1.54, 1.807) is 42.5 Å². The van der Waals surface area contributed by atoms with Crippen molar-refractivity contribution in [1.29, 1.82) is 0 Å². The van der Waals surface area contributed by atoms with Crippen molar-refractivity contribution in [2.45, 2.75) is 13.0 Å². The molecule has 25 heavy (non-hydrogen) atoms. The molecule has 2 aromatic rings. The van der Waals surface area contributed by atoms with Crippen molar-refractivity contribution in [2.75, 3.05) is 12.8 Å². The van der Waals surface area contributed by atoms with E-state index < -0.39 is 10.0 Å². The standard InChI is InChI=1S/C17H18Cl2N2O3S/c1-25(23,24)21-9-8-12-2-4-13(5-3-12)17(22)20-11-14-6-7-15(18)10-16(14)19/h2-7,10,21H,8-9,11H2,1H3,(H,20,22). The molecule has 0 aliphatic heterocycles. The van der Waals surface area contributed by atoms with Crippen molar-refractivity contribution >= 4 is 39.1 Å². The van der Waals surface area contributed by atoms with Gasteiger partial charge in [0, 0.05) is 28.7 Å². The number of benzene rings is 2. The number of sulfonamides is 1. The summed E-state index contributed by atoms with van der Waals surface area (Å²) in [5.41, 5.74) is 2.24. The van der Waals surface area contributed by atoms with E-state index in [2.05, 4.69) is 10.0 Å². The Balaban J connectivity index is 1.89. The minimum Gasteiger partial charge on any atom is -0.348 e. The Kier molecular flexibility index (Phi) is 6.84. The van der Waals surface area contributed by atoms with Crippen LogP contribution in [0.3, 0.4) is 0 Å². The molecule has 5 nitrogen and oxygen atoms in total. The lowest BCUT2D eigenvalue weighted by atomic mass is 10.1. The van der Waals surface area contributed by atoms with Crippen LogP contribution in [0.5, 0.6) is 0 Å². The van der Waals surface area contributed by atoms with Crippen LogP contribution < -0.4 is 10.0 Å². The van der Waals surface area contributed by atoms with E-state index >= 15 is 0 Å². The van der Waals surface area contributed by atoms with Crippen molar-refractivity contribution < 1.29 is 13.2 Å². The molecule has 0 aromatic heterocycles. The van der Waals surface area contributed by atoms with E-state index in [9.17, 15) is 13.2 Å². The molecule has 8 heteroatoms. The molecule has 1 amide bonds. The normalized spacial score (nSPS) is 11.3. The van der Waals surface area contributed by atoms with Gasteiger partial charge in [-0.15, -0.1) is 0 Å². The van der Waals surface area contributed by atoms with Crippen molar-refractivity contribution in [3.63, 3.8) is 0 Å². The summed E-state index contributed by atoms with van der Waals surface area (Å²) >= 11 is 11.9. The van der Waals surface area contributed by atoms with Gasteiger partial charge in [0.1, 0.15) is 0 Å². The molecular formula is C17H18Cl2N2O3S. The fourth-order valence-electron chi connectivity index (χ4n) is 2.15. The summed E-state index contributed by atoms with van der Waals surface area (Å²) in [6.07, 6.45) is 1.67. The summed E-state index contributed by atoms with van der Waals surface area (Å²) in [6, 6.07) is 12.1. The summed E-state index contributed by atoms with van der Waals surface area (Å²) in [4.78, 5) is 12.2. The van der Waals surface area contributed by atoms with Gasteiger partial charge in [-0.25, -0.2) is 13.1 Å². The highest BCUT2D eigenvalue weighted by Gasteiger charge is 2.08. The Morgan fingerprint density at radius 2 is 1.76 bits per heavy atom. The molecule has 0 aliphatic rings. The minimum absolute atomic E-state index is 0.216. The second-order valence-corrected chi connectivity index (χ2v) is 8.21. The maximum absolute atomic E-state index is 12.2. The van der Waals surface area contributed by atoms with Crippen molar-refractivity contribution in [3.8, 4) is 0 Å². The molecule has 0 aliphatic carbocycles. The van der Waals surface area contributed by atoms with E-state index in [1.165, 1.54) is 0 Å². The van der Waals surface area contributed by atoms with Gasteiger partial charge in [-0.3, -0.25) is 4.79 Å². The molecule has 2 N–H and O–H groups in total. The van der Waals surface area contributed by atoms with Gasteiger partial charge in [-0.1, -0.05) is 41.4 Å². The van der Waals surface area contributed by atoms with Crippen molar-refractivity contribution in [3.05, 3.63) is 69.2 Å². The van der Waals surface area contributed by atoms with Gasteiger partial charge in [0.15, 0.2) is 0 Å². The first-order valence-corrected chi connectivity index (χ1v) is 10.1. The molecule has 0 heterocycles. The lowest BCUT2D eigenvalue weighted by Crippen LogP contribution is -2.24. The predicted octanol–water partition coefficient (Wildman–Crippen LogP) is 3.02. The van der Waals surface area contributed by atoms with Crippen molar-refractivity contribution in [1.82, 2.24) is 10.0 Å². The number of halogens is 2. The highest BCUT2D eigenvalue weighted by Crippen LogP contribution is 2.20. The number of carbonyl (C=O) groups is 1. The number of nitrogens with one attached hydrogen (secondary N) is 2. The van der Waals surface area contributed by atoms with Gasteiger partial charge < -0.3 is 5.32 Å². The second-order valence-electron chi connectivity index (χ2n) is 5.53. The van der Waals surface area contributed by atoms with Gasteiger partial charge in [0.25, 0.3) is 5.91 Å². The zero-order valence-electron chi connectivity index (χ0n) is 13.6. The smallest absolute Gasteiger partial charge is 0.251 e. The zero-order chi connectivity index (χ0) is 18.4. The summed E-state index contributed by atoms with van der Waals surface area (Å²) in [7, 11) is -3.19. The average Bonchev–Trinajstić information content (AvgIpc) is 2.53. The number of amides is 1. The van der Waals surface area contributed by atoms with Crippen LogP contribution in [0, 0.1) is 0 Å². The Morgan fingerprint density at radius 3 is 2.36 bits per heavy atom. The number of rotatable bonds is 7. The summed E-state index contributed by atoms with van der Waals surface area (Å²) < 4.78 is 24.5. The summed E-state index contributed by atoms with van der Waals surface area (Å²) in [5.74, 6) is -0.216. The molecule has 2 rings (SSSR count). The lowest BCUT2D eigenvalue weighted by Gasteiger charge is -2.08. The van der Waals surface area contributed by atoms with E-state index in [0.717, 1.165) is 17.4 Å². The van der Waals surface area contributed by atoms with E-state index in [0.29, 0.717) is 35.1 Å². The first-order chi connectivity index (χ1) is 11.7. The highest BCUT2D eigenvalue weighted by molar-refractivity contribution is 7.88. The topological polar surface area (TPSA) is 75.3 Å². The van der Waals surface area contributed by atoms with Gasteiger partial charge >= 0.3 is 0 Å². The van der Waals surface area contributed by atoms with Crippen LogP contribution in [-0.4, -0.2) is 27.1 Å². The monoisotopic (exact) mass is 400 g/mol. The Bertz CT molecular complexity index is 853. The van der Waals surface area contributed by atoms with Gasteiger partial charge in [0.05, 0.1) is 6.26 Å². The maximum atomic E-state index is 12.2. The first-order valence-electron chi connectivity index (χ1n) is 7.50. The molecule has 0 radical (unpaired) electrons. The molecule has 2 aromatic carbocycles. The van der Waals surface area contributed by atoms with Gasteiger partial charge in [0.2, 0.25) is 10.0 Å². The predicted molar refractivity (Wildman–Crippen MR) is 101 cm³/mol. The summed E-state index contributed by atoms with van der Waals surface area (Å²) in [5, 5.41) is 3.84. The molecule has 0 unspecified atom stereocenters. The number of hydrogen-bond donors (Lipinski definition) is 2. The van der Waals surface area contributed by atoms with Crippen LogP contribution >= 0.6 is 23.2 Å². The third-order valence-electron chi connectivity index (χ3n) is 3.45. The number of hydrogen-bond acceptors (Lipinski definition) is 3. The Morgan fingerprint density at radius 1 is 1.08 bits per heavy atom. The molecule has 0 saturated carbocycles. The molecule has 0 spiro atoms. The largest absolute Gasteiger partial charge is 0.348 e. The van der Waals surface area contributed by atoms with Crippen LogP contribution in [0.2, 0.25) is 10.0 Å². The van der Waals surface area contributed by atoms with Crippen LogP contribution in [0.4, 0.5) is 0 Å². The van der Waals surface area contributed by atoms with Crippen LogP contribution in [-0.2, 0) is 23.0 Å². The van der Waals surface area contributed by atoms with Crippen LogP contribution in [0.1, 0.15) is 21.5 Å². The third-order valence-corrected chi connectivity index (χ3v) is 4.76. The third kappa shape index (κ3) is 6.66. The van der Waals surface area contributed by atoms with Crippen LogP contribution in [0.15, 0.2) is 42.5 Å². The van der Waals surface area contributed by atoms with E-state index in [1.807, 2.05) is 0 Å². The number of carbonyl (C=O) groups excluding carboxylic acids is 1. The summed E-state index contributed by atoms with van der Waals surface area (Å²) in [6.45, 7) is 0.619. The first kappa shape index (κ1) is 19.7. The highest BCUT2D eigenvalue weighted by atomic mass is 35.5. The minimum atomic E-state index is -3.19. The van der Waals surface area contributed by atoms with Gasteiger partial charge in [-0.05, 0) is 41.8 Å². The molecule has 0 atom stereocenters. The van der Waals surface area contributed by atoms with Crippen LogP contribution in [0.25, 0.3) is 0 Å². The Hall–Kier alpha value is -1.60. The fraction of sp³-hybridized carbons (Fsp3) is 0.235. The quantitative estimate of drug-likeness (QED) is 0.749. The molecule has 0 saturated heterocycles. The lowest BCUT2D eigenvalue weighted by molar-refractivity contribution is 0.0951. The second kappa shape index (κ2) is 8.67. The Labute approximate surface area is 157 Å².